The molecule has 1 aliphatic heterocycles. The lowest BCUT2D eigenvalue weighted by molar-refractivity contribution is -0.139. The largest absolute Gasteiger partial charge is 0.493 e. The summed E-state index contributed by atoms with van der Waals surface area (Å²) in [4.78, 5) is 21.9. The van der Waals surface area contributed by atoms with Crippen LogP contribution < -0.4 is 14.2 Å². The van der Waals surface area contributed by atoms with Gasteiger partial charge < -0.3 is 18.9 Å². The fraction of sp³-hybridized carbons (Fsp3) is 0.333. The van der Waals surface area contributed by atoms with Gasteiger partial charge in [0.1, 0.15) is 17.9 Å². The van der Waals surface area contributed by atoms with E-state index in [1.54, 1.807) is 51.9 Å². The van der Waals surface area contributed by atoms with Crippen molar-refractivity contribution < 1.29 is 23.7 Å². The summed E-state index contributed by atoms with van der Waals surface area (Å²) < 4.78 is 23.7. The Balaban J connectivity index is 2.01. The van der Waals surface area contributed by atoms with Gasteiger partial charge in [-0.05, 0) is 38.5 Å². The molecule has 0 amide bonds. The number of allylic oxidation sites excluding steroid dienone is 1. The summed E-state index contributed by atoms with van der Waals surface area (Å²) in [6, 6.07) is 5.50. The van der Waals surface area contributed by atoms with Gasteiger partial charge in [0.05, 0.1) is 37.9 Å². The first-order chi connectivity index (χ1) is 14.5. The maximum absolute atomic E-state index is 12.9. The van der Waals surface area contributed by atoms with E-state index in [4.69, 9.17) is 18.9 Å². The number of carbonyl (C=O) groups excluding carboxylic acids is 1. The van der Waals surface area contributed by atoms with Crippen molar-refractivity contribution in [2.75, 3.05) is 20.8 Å². The molecular weight excluding hydrogens is 388 g/mol. The molecule has 0 spiro atoms. The minimum absolute atomic E-state index is 0.244. The SMILES string of the molecule is CCOC(=O)C1=C(C)Oc2ncn3nc(C)nc3c2C1c1ccc(OC)c(OC)c1. The second-order valence-corrected chi connectivity index (χ2v) is 6.73. The van der Waals surface area contributed by atoms with E-state index in [9.17, 15) is 4.79 Å². The van der Waals surface area contributed by atoms with E-state index in [0.717, 1.165) is 5.56 Å². The van der Waals surface area contributed by atoms with Gasteiger partial charge in [0.25, 0.3) is 0 Å². The Hall–Kier alpha value is -3.62. The summed E-state index contributed by atoms with van der Waals surface area (Å²) in [5.41, 5.74) is 2.37. The van der Waals surface area contributed by atoms with Crippen LogP contribution in [-0.2, 0) is 9.53 Å². The van der Waals surface area contributed by atoms with Gasteiger partial charge in [-0.3, -0.25) is 0 Å². The predicted molar refractivity (Wildman–Crippen MR) is 107 cm³/mol. The summed E-state index contributed by atoms with van der Waals surface area (Å²) in [5, 5.41) is 4.35. The lowest BCUT2D eigenvalue weighted by atomic mass is 9.83. The van der Waals surface area contributed by atoms with Crippen molar-refractivity contribution in [3.63, 3.8) is 0 Å². The Kier molecular flexibility index (Phi) is 5.03. The lowest BCUT2D eigenvalue weighted by Crippen LogP contribution is -2.24. The smallest absolute Gasteiger partial charge is 0.338 e. The molecule has 0 fully saturated rings. The normalized spacial score (nSPS) is 15.6. The van der Waals surface area contributed by atoms with E-state index >= 15 is 0 Å². The minimum atomic E-state index is -0.535. The van der Waals surface area contributed by atoms with Crippen molar-refractivity contribution in [1.29, 1.82) is 0 Å². The van der Waals surface area contributed by atoms with Crippen LogP contribution in [0.15, 0.2) is 35.9 Å². The standard InChI is InChI=1S/C21H22N4O5/c1-6-29-21(26)16-11(2)30-20-18(19-23-12(3)24-25(19)10-22-20)17(16)13-7-8-14(27-4)15(9-13)28-5/h7-10,17H,6H2,1-5H3. The predicted octanol–water partition coefficient (Wildman–Crippen LogP) is 2.81. The molecule has 0 saturated heterocycles. The maximum Gasteiger partial charge on any atom is 0.338 e. The van der Waals surface area contributed by atoms with Crippen molar-refractivity contribution in [2.45, 2.75) is 26.7 Å². The number of esters is 1. The van der Waals surface area contributed by atoms with Crippen LogP contribution in [0.3, 0.4) is 0 Å². The molecule has 3 heterocycles. The summed E-state index contributed by atoms with van der Waals surface area (Å²) >= 11 is 0. The molecule has 1 unspecified atom stereocenters. The molecule has 0 aliphatic carbocycles. The minimum Gasteiger partial charge on any atom is -0.493 e. The van der Waals surface area contributed by atoms with E-state index in [0.29, 0.717) is 45.7 Å². The highest BCUT2D eigenvalue weighted by Gasteiger charge is 2.38. The Morgan fingerprint density at radius 3 is 2.67 bits per heavy atom. The average Bonchev–Trinajstić information content (AvgIpc) is 3.12. The van der Waals surface area contributed by atoms with Crippen LogP contribution in [0, 0.1) is 6.92 Å². The number of carbonyl (C=O) groups is 1. The van der Waals surface area contributed by atoms with Crippen molar-refractivity contribution in [1.82, 2.24) is 19.6 Å². The lowest BCUT2D eigenvalue weighted by Gasteiger charge is -2.28. The number of nitrogens with zero attached hydrogens (tertiary/aromatic N) is 4. The molecule has 9 heteroatoms. The molecule has 3 aromatic rings. The fourth-order valence-electron chi connectivity index (χ4n) is 3.68. The molecule has 1 aliphatic rings. The Labute approximate surface area is 173 Å². The van der Waals surface area contributed by atoms with Crippen LogP contribution in [0.1, 0.15) is 36.7 Å². The highest BCUT2D eigenvalue weighted by Crippen LogP contribution is 2.45. The van der Waals surface area contributed by atoms with Crippen molar-refractivity contribution in [2.24, 2.45) is 0 Å². The molecule has 0 N–H and O–H groups in total. The van der Waals surface area contributed by atoms with Crippen LogP contribution in [0.5, 0.6) is 17.4 Å². The number of ether oxygens (including phenoxy) is 4. The number of methoxy groups -OCH3 is 2. The molecule has 0 bridgehead atoms. The highest BCUT2D eigenvalue weighted by molar-refractivity contribution is 5.93. The number of benzene rings is 1. The average molecular weight is 410 g/mol. The third-order valence-electron chi connectivity index (χ3n) is 4.94. The summed E-state index contributed by atoms with van der Waals surface area (Å²) in [7, 11) is 3.14. The number of hydrogen-bond donors (Lipinski definition) is 0. The topological polar surface area (TPSA) is 97.1 Å². The van der Waals surface area contributed by atoms with Gasteiger partial charge in [-0.15, -0.1) is 0 Å². The van der Waals surface area contributed by atoms with Gasteiger partial charge in [0.15, 0.2) is 17.1 Å². The Morgan fingerprint density at radius 2 is 1.97 bits per heavy atom. The summed E-state index contributed by atoms with van der Waals surface area (Å²) in [6.07, 6.45) is 1.54. The first-order valence-electron chi connectivity index (χ1n) is 9.48. The van der Waals surface area contributed by atoms with Gasteiger partial charge in [-0.2, -0.15) is 5.10 Å². The molecule has 4 rings (SSSR count). The second kappa shape index (κ2) is 7.66. The molecule has 30 heavy (non-hydrogen) atoms. The van der Waals surface area contributed by atoms with E-state index in [-0.39, 0.29) is 6.61 Å². The van der Waals surface area contributed by atoms with Crippen molar-refractivity contribution in [3.05, 3.63) is 52.8 Å². The summed E-state index contributed by atoms with van der Waals surface area (Å²) in [6.45, 7) is 5.53. The number of fused-ring (bicyclic) bond motifs is 3. The molecule has 0 saturated carbocycles. The van der Waals surface area contributed by atoms with E-state index < -0.39 is 11.9 Å². The van der Waals surface area contributed by atoms with Crippen LogP contribution in [0.25, 0.3) is 5.65 Å². The first-order valence-corrected chi connectivity index (χ1v) is 9.48. The van der Waals surface area contributed by atoms with Crippen molar-refractivity contribution >= 4 is 11.6 Å². The fourth-order valence-corrected chi connectivity index (χ4v) is 3.68. The van der Waals surface area contributed by atoms with Gasteiger partial charge in [-0.1, -0.05) is 6.07 Å². The van der Waals surface area contributed by atoms with Gasteiger partial charge in [0.2, 0.25) is 5.88 Å². The van der Waals surface area contributed by atoms with Gasteiger partial charge in [0, 0.05) is 0 Å². The zero-order valence-corrected chi connectivity index (χ0v) is 17.4. The Morgan fingerprint density at radius 1 is 1.20 bits per heavy atom. The second-order valence-electron chi connectivity index (χ2n) is 6.73. The molecule has 2 aromatic heterocycles. The molecular formula is C21H22N4O5. The van der Waals surface area contributed by atoms with Crippen molar-refractivity contribution in [3.8, 4) is 17.4 Å². The number of aryl methyl sites for hydroxylation is 1. The zero-order chi connectivity index (χ0) is 21.4. The molecule has 1 atom stereocenters. The van der Waals surface area contributed by atoms with Crippen LogP contribution >= 0.6 is 0 Å². The van der Waals surface area contributed by atoms with Crippen LogP contribution in [-0.4, -0.2) is 46.4 Å². The van der Waals surface area contributed by atoms with E-state index in [1.165, 1.54) is 0 Å². The van der Waals surface area contributed by atoms with E-state index in [2.05, 4.69) is 15.1 Å². The third-order valence-corrected chi connectivity index (χ3v) is 4.94. The van der Waals surface area contributed by atoms with Gasteiger partial charge in [-0.25, -0.2) is 19.3 Å². The van der Waals surface area contributed by atoms with Crippen LogP contribution in [0.2, 0.25) is 0 Å². The monoisotopic (exact) mass is 410 g/mol. The molecule has 156 valence electrons. The van der Waals surface area contributed by atoms with Crippen LogP contribution in [0.4, 0.5) is 0 Å². The number of rotatable bonds is 5. The van der Waals surface area contributed by atoms with E-state index in [1.807, 2.05) is 12.1 Å². The van der Waals surface area contributed by atoms with Gasteiger partial charge >= 0.3 is 5.97 Å². The first kappa shape index (κ1) is 19.7. The Bertz CT molecular complexity index is 1170. The molecule has 0 radical (unpaired) electrons. The maximum atomic E-state index is 12.9. The number of hydrogen-bond acceptors (Lipinski definition) is 8. The highest BCUT2D eigenvalue weighted by atomic mass is 16.5. The summed E-state index contributed by atoms with van der Waals surface area (Å²) in [5.74, 6) is 1.52. The zero-order valence-electron chi connectivity index (χ0n) is 17.4. The third kappa shape index (κ3) is 3.12. The molecule has 9 nitrogen and oxygen atoms in total. The molecule has 1 aromatic carbocycles. The number of aromatic nitrogens is 4. The quantitative estimate of drug-likeness (QED) is 0.593.